The van der Waals surface area contributed by atoms with Crippen LogP contribution in [0.2, 0.25) is 0 Å². The Balaban J connectivity index is 1.51. The number of rotatable bonds is 5. The van der Waals surface area contributed by atoms with Gasteiger partial charge < -0.3 is 19.9 Å². The van der Waals surface area contributed by atoms with Crippen LogP contribution in [0, 0.1) is 0 Å². The molecular weight excluding hydrogens is 346 g/mol. The molecule has 0 aromatic carbocycles. The second kappa shape index (κ2) is 8.98. The summed E-state index contributed by atoms with van der Waals surface area (Å²) in [6.07, 6.45) is 2.99. The Morgan fingerprint density at radius 1 is 1.07 bits per heavy atom. The van der Waals surface area contributed by atoms with Gasteiger partial charge in [-0.2, -0.15) is 0 Å². The molecule has 0 radical (unpaired) electrons. The number of aromatic nitrogens is 2. The van der Waals surface area contributed by atoms with Gasteiger partial charge in [0.25, 0.3) is 5.91 Å². The number of pyridine rings is 2. The summed E-state index contributed by atoms with van der Waals surface area (Å²) in [6, 6.07) is 9.27. The lowest BCUT2D eigenvalue weighted by atomic mass is 10.2. The molecule has 1 saturated heterocycles. The first-order valence-electron chi connectivity index (χ1n) is 8.98. The minimum Gasteiger partial charge on any atom is -0.450 e. The molecule has 1 aliphatic rings. The van der Waals surface area contributed by atoms with Gasteiger partial charge in [-0.15, -0.1) is 0 Å². The van der Waals surface area contributed by atoms with Crippen LogP contribution in [0.4, 0.5) is 10.6 Å². The van der Waals surface area contributed by atoms with Gasteiger partial charge in [-0.3, -0.25) is 9.78 Å². The van der Waals surface area contributed by atoms with E-state index in [9.17, 15) is 9.59 Å². The highest BCUT2D eigenvalue weighted by Gasteiger charge is 2.25. The molecule has 0 spiro atoms. The van der Waals surface area contributed by atoms with Crippen LogP contribution in [0.1, 0.15) is 23.0 Å². The van der Waals surface area contributed by atoms with Gasteiger partial charge >= 0.3 is 6.09 Å². The molecule has 2 aromatic rings. The Morgan fingerprint density at radius 2 is 1.85 bits per heavy atom. The fraction of sp³-hybridized carbons (Fsp3) is 0.368. The fourth-order valence-electron chi connectivity index (χ4n) is 2.80. The average Bonchev–Trinajstić information content (AvgIpc) is 2.73. The van der Waals surface area contributed by atoms with Gasteiger partial charge in [0.1, 0.15) is 5.82 Å². The molecule has 1 aliphatic heterocycles. The summed E-state index contributed by atoms with van der Waals surface area (Å²) in [7, 11) is 0. The third-order valence-electron chi connectivity index (χ3n) is 4.28. The van der Waals surface area contributed by atoms with Crippen molar-refractivity contribution in [3.8, 4) is 0 Å². The van der Waals surface area contributed by atoms with E-state index in [0.717, 1.165) is 5.69 Å². The molecule has 8 heteroatoms. The molecule has 0 unspecified atom stereocenters. The molecular formula is C19H23N5O3. The van der Waals surface area contributed by atoms with Crippen molar-refractivity contribution in [3.05, 3.63) is 54.0 Å². The van der Waals surface area contributed by atoms with Crippen molar-refractivity contribution in [2.24, 2.45) is 0 Å². The lowest BCUT2D eigenvalue weighted by Crippen LogP contribution is -2.50. The number of nitrogens with zero attached hydrogens (tertiary/aromatic N) is 4. The summed E-state index contributed by atoms with van der Waals surface area (Å²) in [5.41, 5.74) is 1.45. The van der Waals surface area contributed by atoms with Gasteiger partial charge in [0.2, 0.25) is 0 Å². The van der Waals surface area contributed by atoms with Crippen molar-refractivity contribution >= 4 is 17.8 Å². The smallest absolute Gasteiger partial charge is 0.409 e. The molecule has 0 bridgehead atoms. The van der Waals surface area contributed by atoms with Crippen molar-refractivity contribution in [2.75, 3.05) is 38.1 Å². The number of anilines is 1. The first kappa shape index (κ1) is 18.6. The van der Waals surface area contributed by atoms with Crippen LogP contribution in [-0.4, -0.2) is 64.6 Å². The largest absolute Gasteiger partial charge is 0.450 e. The molecule has 0 atom stereocenters. The molecule has 2 amide bonds. The Morgan fingerprint density at radius 3 is 2.48 bits per heavy atom. The number of hydrogen-bond acceptors (Lipinski definition) is 6. The van der Waals surface area contributed by atoms with Crippen LogP contribution >= 0.6 is 0 Å². The van der Waals surface area contributed by atoms with E-state index in [1.54, 1.807) is 41.2 Å². The fourth-order valence-corrected chi connectivity index (χ4v) is 2.80. The van der Waals surface area contributed by atoms with Gasteiger partial charge in [-0.25, -0.2) is 9.78 Å². The second-order valence-electron chi connectivity index (χ2n) is 6.08. The van der Waals surface area contributed by atoms with E-state index in [2.05, 4.69) is 15.3 Å². The molecule has 142 valence electrons. The third-order valence-corrected chi connectivity index (χ3v) is 4.28. The molecule has 3 rings (SSSR count). The zero-order valence-electron chi connectivity index (χ0n) is 15.3. The van der Waals surface area contributed by atoms with Crippen LogP contribution in [0.25, 0.3) is 0 Å². The third kappa shape index (κ3) is 4.93. The Hall–Kier alpha value is -3.16. The van der Waals surface area contributed by atoms with E-state index >= 15 is 0 Å². The molecule has 2 aromatic heterocycles. The van der Waals surface area contributed by atoms with Gasteiger partial charge in [0.15, 0.2) is 0 Å². The number of carbonyl (C=O) groups excluding carboxylic acids is 2. The highest BCUT2D eigenvalue weighted by molar-refractivity contribution is 5.94. The first-order chi connectivity index (χ1) is 13.2. The SMILES string of the molecule is CCOC(=O)N1CCN(C(=O)c2ccc(NCc3ccccn3)nc2)CC1. The molecule has 0 aliphatic carbocycles. The maximum Gasteiger partial charge on any atom is 0.409 e. The number of piperazine rings is 1. The van der Waals surface area contributed by atoms with E-state index in [-0.39, 0.29) is 12.0 Å². The van der Waals surface area contributed by atoms with Crippen LogP contribution in [0.15, 0.2) is 42.7 Å². The predicted octanol–water partition coefficient (Wildman–Crippen LogP) is 2.00. The van der Waals surface area contributed by atoms with Crippen molar-refractivity contribution in [2.45, 2.75) is 13.5 Å². The monoisotopic (exact) mass is 369 g/mol. The minimum atomic E-state index is -0.324. The van der Waals surface area contributed by atoms with Crippen molar-refractivity contribution < 1.29 is 14.3 Å². The normalized spacial score (nSPS) is 14.0. The summed E-state index contributed by atoms with van der Waals surface area (Å²) in [5.74, 6) is 0.603. The number of nitrogens with one attached hydrogen (secondary N) is 1. The summed E-state index contributed by atoms with van der Waals surface area (Å²) in [6.45, 7) is 4.61. The molecule has 0 saturated carbocycles. The van der Waals surface area contributed by atoms with Crippen LogP contribution in [0.3, 0.4) is 0 Å². The summed E-state index contributed by atoms with van der Waals surface area (Å²) >= 11 is 0. The Bertz CT molecular complexity index is 759. The van der Waals surface area contributed by atoms with Crippen LogP contribution in [0.5, 0.6) is 0 Å². The quantitative estimate of drug-likeness (QED) is 0.867. The average molecular weight is 369 g/mol. The second-order valence-corrected chi connectivity index (χ2v) is 6.08. The highest BCUT2D eigenvalue weighted by atomic mass is 16.6. The van der Waals surface area contributed by atoms with E-state index in [1.807, 2.05) is 18.2 Å². The van der Waals surface area contributed by atoms with Crippen LogP contribution in [-0.2, 0) is 11.3 Å². The zero-order valence-corrected chi connectivity index (χ0v) is 15.3. The molecule has 1 fully saturated rings. The standard InChI is InChI=1S/C19H23N5O3/c1-2-27-19(26)24-11-9-23(10-12-24)18(25)15-6-7-17(21-13-15)22-14-16-5-3-4-8-20-16/h3-8,13H,2,9-12,14H2,1H3,(H,21,22). The minimum absolute atomic E-state index is 0.0812. The number of ether oxygens (including phenoxy) is 1. The van der Waals surface area contributed by atoms with E-state index in [1.165, 1.54) is 0 Å². The van der Waals surface area contributed by atoms with E-state index in [4.69, 9.17) is 4.74 Å². The van der Waals surface area contributed by atoms with E-state index in [0.29, 0.717) is 50.7 Å². The molecule has 3 heterocycles. The molecule has 8 nitrogen and oxygen atoms in total. The summed E-state index contributed by atoms with van der Waals surface area (Å²) < 4.78 is 4.99. The van der Waals surface area contributed by atoms with Crippen molar-refractivity contribution in [3.63, 3.8) is 0 Å². The first-order valence-corrected chi connectivity index (χ1v) is 8.98. The Kier molecular flexibility index (Phi) is 6.19. The lowest BCUT2D eigenvalue weighted by Gasteiger charge is -2.34. The van der Waals surface area contributed by atoms with Gasteiger partial charge in [0.05, 0.1) is 24.4 Å². The zero-order chi connectivity index (χ0) is 19.1. The summed E-state index contributed by atoms with van der Waals surface area (Å²) in [4.78, 5) is 36.2. The highest BCUT2D eigenvalue weighted by Crippen LogP contribution is 2.12. The summed E-state index contributed by atoms with van der Waals surface area (Å²) in [5, 5.41) is 3.18. The van der Waals surface area contributed by atoms with Crippen LogP contribution < -0.4 is 5.32 Å². The number of carbonyl (C=O) groups is 2. The van der Waals surface area contributed by atoms with Gasteiger partial charge in [-0.1, -0.05) is 6.07 Å². The number of hydrogen-bond donors (Lipinski definition) is 1. The van der Waals surface area contributed by atoms with Gasteiger partial charge in [0, 0.05) is 38.6 Å². The Labute approximate surface area is 158 Å². The topological polar surface area (TPSA) is 87.7 Å². The predicted molar refractivity (Wildman–Crippen MR) is 100 cm³/mol. The maximum atomic E-state index is 12.6. The lowest BCUT2D eigenvalue weighted by molar-refractivity contribution is 0.0570. The maximum absolute atomic E-state index is 12.6. The molecule has 1 N–H and O–H groups in total. The van der Waals surface area contributed by atoms with Gasteiger partial charge in [-0.05, 0) is 31.2 Å². The van der Waals surface area contributed by atoms with E-state index < -0.39 is 0 Å². The van der Waals surface area contributed by atoms with Crippen molar-refractivity contribution in [1.82, 2.24) is 19.8 Å². The molecule has 27 heavy (non-hydrogen) atoms. The van der Waals surface area contributed by atoms with Crippen molar-refractivity contribution in [1.29, 1.82) is 0 Å². The number of amides is 2.